The summed E-state index contributed by atoms with van der Waals surface area (Å²) < 4.78 is 13.0. The zero-order valence-electron chi connectivity index (χ0n) is 8.82. The van der Waals surface area contributed by atoms with Gasteiger partial charge in [0.15, 0.2) is 5.69 Å². The molecule has 6 heteroatoms. The number of benzene rings is 1. The number of hydrogen-bond donors (Lipinski definition) is 1. The fourth-order valence-corrected chi connectivity index (χ4v) is 1.91. The van der Waals surface area contributed by atoms with Crippen LogP contribution in [-0.2, 0) is 0 Å². The summed E-state index contributed by atoms with van der Waals surface area (Å²) in [5.41, 5.74) is 0.213. The van der Waals surface area contributed by atoms with E-state index in [4.69, 9.17) is 28.3 Å². The van der Waals surface area contributed by atoms with Crippen molar-refractivity contribution < 1.29 is 14.3 Å². The number of hydrogen-bond acceptors (Lipinski definition) is 2. The van der Waals surface area contributed by atoms with Crippen molar-refractivity contribution in [3.63, 3.8) is 0 Å². The zero-order chi connectivity index (χ0) is 13.3. The first kappa shape index (κ1) is 12.8. The quantitative estimate of drug-likeness (QED) is 0.852. The first-order chi connectivity index (χ1) is 8.49. The van der Waals surface area contributed by atoms with Crippen molar-refractivity contribution in [2.45, 2.75) is 0 Å². The molecule has 0 bridgehead atoms. The van der Waals surface area contributed by atoms with E-state index in [-0.39, 0.29) is 5.56 Å². The van der Waals surface area contributed by atoms with E-state index in [1.807, 2.05) is 0 Å². The summed E-state index contributed by atoms with van der Waals surface area (Å²) in [5.74, 6) is -2.20. The van der Waals surface area contributed by atoms with E-state index in [2.05, 4.69) is 4.98 Å². The minimum Gasteiger partial charge on any atom is -0.476 e. The molecular formula is C12H6Cl2FNO2. The molecule has 0 spiro atoms. The van der Waals surface area contributed by atoms with Gasteiger partial charge < -0.3 is 5.11 Å². The van der Waals surface area contributed by atoms with Crippen LogP contribution < -0.4 is 0 Å². The van der Waals surface area contributed by atoms with Gasteiger partial charge in [-0.25, -0.2) is 9.78 Å². The Morgan fingerprint density at radius 3 is 2.56 bits per heavy atom. The van der Waals surface area contributed by atoms with Gasteiger partial charge in [0.2, 0.25) is 5.95 Å². The smallest absolute Gasteiger partial charge is 0.355 e. The molecule has 2 rings (SSSR count). The molecule has 0 aliphatic rings. The Morgan fingerprint density at radius 1 is 1.17 bits per heavy atom. The van der Waals surface area contributed by atoms with E-state index in [9.17, 15) is 9.18 Å². The lowest BCUT2D eigenvalue weighted by Crippen LogP contribution is -2.05. The van der Waals surface area contributed by atoms with Gasteiger partial charge in [-0.2, -0.15) is 4.39 Å². The molecule has 0 saturated heterocycles. The molecule has 1 aromatic carbocycles. The van der Waals surface area contributed by atoms with Gasteiger partial charge in [-0.05, 0) is 30.3 Å². The van der Waals surface area contributed by atoms with E-state index in [0.29, 0.717) is 15.6 Å². The lowest BCUT2D eigenvalue weighted by Gasteiger charge is -2.08. The maximum atomic E-state index is 13.0. The predicted octanol–water partition coefficient (Wildman–Crippen LogP) is 3.89. The Bertz CT molecular complexity index is 631. The fourth-order valence-electron chi connectivity index (χ4n) is 1.52. The second kappa shape index (κ2) is 4.92. The van der Waals surface area contributed by atoms with Gasteiger partial charge in [-0.15, -0.1) is 0 Å². The summed E-state index contributed by atoms with van der Waals surface area (Å²) in [5, 5.41) is 9.72. The molecule has 1 aromatic heterocycles. The van der Waals surface area contributed by atoms with Gasteiger partial charge in [0, 0.05) is 21.2 Å². The highest BCUT2D eigenvalue weighted by molar-refractivity contribution is 6.35. The van der Waals surface area contributed by atoms with Crippen LogP contribution in [0.15, 0.2) is 30.3 Å². The van der Waals surface area contributed by atoms with Gasteiger partial charge in [-0.1, -0.05) is 23.2 Å². The lowest BCUT2D eigenvalue weighted by atomic mass is 10.0. The van der Waals surface area contributed by atoms with Crippen molar-refractivity contribution in [3.05, 3.63) is 52.0 Å². The predicted molar refractivity (Wildman–Crippen MR) is 66.6 cm³/mol. The van der Waals surface area contributed by atoms with Crippen LogP contribution in [0.25, 0.3) is 11.1 Å². The number of aromatic nitrogens is 1. The Kier molecular flexibility index (Phi) is 3.50. The van der Waals surface area contributed by atoms with Crippen LogP contribution in [0.3, 0.4) is 0 Å². The van der Waals surface area contributed by atoms with E-state index in [1.165, 1.54) is 18.2 Å². The molecule has 3 nitrogen and oxygen atoms in total. The molecule has 0 aliphatic carbocycles. The Hall–Kier alpha value is -1.65. The molecule has 0 radical (unpaired) electrons. The number of carboxylic acid groups (broad SMARTS) is 1. The standard InChI is InChI=1S/C12H6Cl2FNO2/c13-6-1-3-9(14)8(5-6)7-2-4-10(15)16-11(7)12(17)18/h1-5H,(H,17,18). The molecule has 0 atom stereocenters. The monoisotopic (exact) mass is 285 g/mol. The van der Waals surface area contributed by atoms with Gasteiger partial charge in [0.05, 0.1) is 0 Å². The maximum Gasteiger partial charge on any atom is 0.355 e. The largest absolute Gasteiger partial charge is 0.476 e. The van der Waals surface area contributed by atoms with Crippen LogP contribution in [0.1, 0.15) is 10.5 Å². The molecule has 0 aliphatic heterocycles. The van der Waals surface area contributed by atoms with Crippen molar-refractivity contribution in [3.8, 4) is 11.1 Å². The summed E-state index contributed by atoms with van der Waals surface area (Å²) in [6.07, 6.45) is 0. The number of carboxylic acids is 1. The number of rotatable bonds is 2. The third kappa shape index (κ3) is 2.44. The molecule has 0 unspecified atom stereocenters. The highest BCUT2D eigenvalue weighted by Gasteiger charge is 2.17. The lowest BCUT2D eigenvalue weighted by molar-refractivity contribution is 0.0690. The maximum absolute atomic E-state index is 13.0. The second-order valence-electron chi connectivity index (χ2n) is 3.46. The van der Waals surface area contributed by atoms with Crippen molar-refractivity contribution in [1.29, 1.82) is 0 Å². The first-order valence-corrected chi connectivity index (χ1v) is 5.60. The number of pyridine rings is 1. The topological polar surface area (TPSA) is 50.2 Å². The molecule has 1 heterocycles. The molecule has 1 N–H and O–H groups in total. The minimum atomic E-state index is -1.33. The number of halogens is 3. The molecule has 2 aromatic rings. The van der Waals surface area contributed by atoms with Gasteiger partial charge >= 0.3 is 5.97 Å². The Labute approximate surface area is 112 Å². The number of carbonyl (C=O) groups is 1. The van der Waals surface area contributed by atoms with Crippen LogP contribution >= 0.6 is 23.2 Å². The third-order valence-corrected chi connectivity index (χ3v) is 2.85. The zero-order valence-corrected chi connectivity index (χ0v) is 10.3. The van der Waals surface area contributed by atoms with E-state index < -0.39 is 17.6 Å². The highest BCUT2D eigenvalue weighted by Crippen LogP contribution is 2.32. The minimum absolute atomic E-state index is 0.219. The van der Waals surface area contributed by atoms with E-state index in [1.54, 1.807) is 6.07 Å². The van der Waals surface area contributed by atoms with Crippen molar-refractivity contribution in [2.75, 3.05) is 0 Å². The van der Waals surface area contributed by atoms with Crippen LogP contribution in [0.4, 0.5) is 4.39 Å². The van der Waals surface area contributed by atoms with E-state index >= 15 is 0 Å². The van der Waals surface area contributed by atoms with Crippen molar-refractivity contribution in [2.24, 2.45) is 0 Å². The van der Waals surface area contributed by atoms with Gasteiger partial charge in [0.1, 0.15) is 0 Å². The molecule has 0 fully saturated rings. The molecule has 18 heavy (non-hydrogen) atoms. The summed E-state index contributed by atoms with van der Waals surface area (Å²) in [6, 6.07) is 6.99. The van der Waals surface area contributed by atoms with Crippen molar-refractivity contribution >= 4 is 29.2 Å². The summed E-state index contributed by atoms with van der Waals surface area (Å²) >= 11 is 11.8. The summed E-state index contributed by atoms with van der Waals surface area (Å²) in [4.78, 5) is 14.4. The Balaban J connectivity index is 2.70. The summed E-state index contributed by atoms with van der Waals surface area (Å²) in [6.45, 7) is 0. The van der Waals surface area contributed by atoms with Crippen LogP contribution in [0.5, 0.6) is 0 Å². The number of aromatic carboxylic acids is 1. The van der Waals surface area contributed by atoms with E-state index in [0.717, 1.165) is 6.07 Å². The second-order valence-corrected chi connectivity index (χ2v) is 4.30. The van der Waals surface area contributed by atoms with Gasteiger partial charge in [0.25, 0.3) is 0 Å². The van der Waals surface area contributed by atoms with Crippen molar-refractivity contribution in [1.82, 2.24) is 4.98 Å². The number of nitrogens with zero attached hydrogens (tertiary/aromatic N) is 1. The summed E-state index contributed by atoms with van der Waals surface area (Å²) in [7, 11) is 0. The molecular weight excluding hydrogens is 280 g/mol. The molecule has 0 saturated carbocycles. The third-order valence-electron chi connectivity index (χ3n) is 2.28. The van der Waals surface area contributed by atoms with Crippen LogP contribution in [-0.4, -0.2) is 16.1 Å². The first-order valence-electron chi connectivity index (χ1n) is 4.84. The average molecular weight is 286 g/mol. The average Bonchev–Trinajstić information content (AvgIpc) is 2.32. The molecule has 92 valence electrons. The Morgan fingerprint density at radius 2 is 1.89 bits per heavy atom. The fraction of sp³-hybridized carbons (Fsp3) is 0. The van der Waals surface area contributed by atoms with Gasteiger partial charge in [-0.3, -0.25) is 0 Å². The highest BCUT2D eigenvalue weighted by atomic mass is 35.5. The normalized spacial score (nSPS) is 10.4. The van der Waals surface area contributed by atoms with Crippen LogP contribution in [0, 0.1) is 5.95 Å². The van der Waals surface area contributed by atoms with Crippen LogP contribution in [0.2, 0.25) is 10.0 Å². The SMILES string of the molecule is O=C(O)c1nc(F)ccc1-c1cc(Cl)ccc1Cl. The molecule has 0 amide bonds.